The fourth-order valence-corrected chi connectivity index (χ4v) is 6.69. The highest BCUT2D eigenvalue weighted by molar-refractivity contribution is 9.10. The molecule has 3 aromatic carbocycles. The van der Waals surface area contributed by atoms with E-state index in [1.165, 1.54) is 23.5 Å². The fourth-order valence-electron chi connectivity index (χ4n) is 4.58. The second-order valence-electron chi connectivity index (χ2n) is 9.30. The van der Waals surface area contributed by atoms with Gasteiger partial charge >= 0.3 is 5.97 Å². The van der Waals surface area contributed by atoms with Gasteiger partial charge < -0.3 is 14.2 Å². The molecule has 0 aliphatic carbocycles. The topological polar surface area (TPSA) is 79.1 Å². The third-order valence-corrected chi connectivity index (χ3v) is 8.79. The molecular formula is C31H25Br2FN2O5S. The first-order valence-corrected chi connectivity index (χ1v) is 15.3. The van der Waals surface area contributed by atoms with E-state index in [2.05, 4.69) is 36.9 Å². The smallest absolute Gasteiger partial charge is 0.338 e. The number of ether oxygens (including phenoxy) is 3. The van der Waals surface area contributed by atoms with Crippen molar-refractivity contribution in [3.05, 3.63) is 123 Å². The Morgan fingerprint density at radius 2 is 1.79 bits per heavy atom. The minimum Gasteiger partial charge on any atom is -0.496 e. The van der Waals surface area contributed by atoms with Gasteiger partial charge in [-0.3, -0.25) is 9.36 Å². The highest BCUT2D eigenvalue weighted by Gasteiger charge is 2.33. The standard InChI is InChI=1S/C31H25Br2FN2O5S/c1-4-40-30(38)27-17(2)35-31-36(28(27)20-8-12-24(39-3)23(33)15-20)29(37)26(42-31)14-19-7-11-25(22(32)13-19)41-16-18-5-9-21(34)10-6-18/h5-15,28H,4,16H2,1-3H3/b26-14+/t28-/m1/s1. The molecule has 0 radical (unpaired) electrons. The predicted octanol–water partition coefficient (Wildman–Crippen LogP) is 6.05. The monoisotopic (exact) mass is 714 g/mol. The van der Waals surface area contributed by atoms with E-state index in [0.717, 1.165) is 11.1 Å². The number of hydrogen-bond acceptors (Lipinski definition) is 7. The molecule has 1 aromatic heterocycles. The molecule has 0 fully saturated rings. The number of aromatic nitrogens is 1. The average Bonchev–Trinajstić information content (AvgIpc) is 3.26. The van der Waals surface area contributed by atoms with Gasteiger partial charge in [0.1, 0.15) is 23.9 Å². The third kappa shape index (κ3) is 6.13. The van der Waals surface area contributed by atoms with E-state index in [9.17, 15) is 14.0 Å². The summed E-state index contributed by atoms with van der Waals surface area (Å²) < 4.78 is 33.2. The number of carbonyl (C=O) groups excluding carboxylic acids is 1. The number of esters is 1. The van der Waals surface area contributed by atoms with Gasteiger partial charge in [0.15, 0.2) is 4.80 Å². The fraction of sp³-hybridized carbons (Fsp3) is 0.194. The van der Waals surface area contributed by atoms with Crippen LogP contribution in [0.2, 0.25) is 0 Å². The van der Waals surface area contributed by atoms with E-state index in [1.54, 1.807) is 55.9 Å². The third-order valence-electron chi connectivity index (χ3n) is 6.57. The maximum atomic E-state index is 13.9. The maximum Gasteiger partial charge on any atom is 0.338 e. The van der Waals surface area contributed by atoms with Crippen LogP contribution in [0.5, 0.6) is 11.5 Å². The van der Waals surface area contributed by atoms with Crippen molar-refractivity contribution in [3.63, 3.8) is 0 Å². The van der Waals surface area contributed by atoms with E-state index in [0.29, 0.717) is 46.6 Å². The Bertz CT molecular complexity index is 1880. The molecule has 2 heterocycles. The van der Waals surface area contributed by atoms with E-state index < -0.39 is 12.0 Å². The first-order valence-electron chi connectivity index (χ1n) is 12.9. The van der Waals surface area contributed by atoms with Crippen molar-refractivity contribution in [1.82, 2.24) is 4.57 Å². The van der Waals surface area contributed by atoms with Crippen LogP contribution in [0.3, 0.4) is 0 Å². The molecule has 0 bridgehead atoms. The lowest BCUT2D eigenvalue weighted by molar-refractivity contribution is -0.139. The molecular weight excluding hydrogens is 691 g/mol. The maximum absolute atomic E-state index is 13.9. The summed E-state index contributed by atoms with van der Waals surface area (Å²) in [6.45, 7) is 3.95. The Kier molecular flexibility index (Phi) is 9.10. The molecule has 7 nitrogen and oxygen atoms in total. The molecule has 42 heavy (non-hydrogen) atoms. The second-order valence-corrected chi connectivity index (χ2v) is 12.0. The SMILES string of the molecule is CCOC(=O)C1=C(C)N=c2s/c(=C/c3ccc(OCc4ccc(F)cc4)c(Br)c3)c(=O)n2[C@@H]1c1ccc(OC)c(Br)c1. The highest BCUT2D eigenvalue weighted by Crippen LogP contribution is 2.35. The zero-order valence-corrected chi connectivity index (χ0v) is 26.8. The first-order chi connectivity index (χ1) is 20.2. The van der Waals surface area contributed by atoms with Crippen molar-refractivity contribution in [2.75, 3.05) is 13.7 Å². The Labute approximate surface area is 261 Å². The number of nitrogens with zero attached hydrogens (tertiary/aromatic N) is 2. The van der Waals surface area contributed by atoms with Gasteiger partial charge in [0.25, 0.3) is 5.56 Å². The Morgan fingerprint density at radius 1 is 1.07 bits per heavy atom. The Balaban J connectivity index is 1.53. The Morgan fingerprint density at radius 3 is 2.45 bits per heavy atom. The number of hydrogen-bond donors (Lipinski definition) is 0. The molecule has 1 atom stereocenters. The average molecular weight is 716 g/mol. The van der Waals surface area contributed by atoms with Crippen molar-refractivity contribution in [1.29, 1.82) is 0 Å². The van der Waals surface area contributed by atoms with Crippen LogP contribution in [0.15, 0.2) is 90.7 Å². The number of carbonyl (C=O) groups is 1. The molecule has 0 amide bonds. The van der Waals surface area contributed by atoms with Crippen LogP contribution in [0, 0.1) is 5.82 Å². The number of fused-ring (bicyclic) bond motifs is 1. The van der Waals surface area contributed by atoms with Gasteiger partial charge in [-0.05, 0) is 105 Å². The summed E-state index contributed by atoms with van der Waals surface area (Å²) in [7, 11) is 1.57. The van der Waals surface area contributed by atoms with Crippen LogP contribution in [0.4, 0.5) is 4.39 Å². The summed E-state index contributed by atoms with van der Waals surface area (Å²) in [6.07, 6.45) is 1.78. The molecule has 4 aromatic rings. The number of thiazole rings is 1. The van der Waals surface area contributed by atoms with Crippen LogP contribution < -0.4 is 24.4 Å². The first kappa shape index (κ1) is 29.9. The van der Waals surface area contributed by atoms with Gasteiger partial charge in [-0.2, -0.15) is 0 Å². The summed E-state index contributed by atoms with van der Waals surface area (Å²) in [4.78, 5) is 32.1. The Hall–Kier alpha value is -3.54. The molecule has 0 saturated carbocycles. The zero-order valence-electron chi connectivity index (χ0n) is 22.8. The minimum atomic E-state index is -0.737. The second kappa shape index (κ2) is 12.8. The number of allylic oxidation sites excluding steroid dienone is 1. The summed E-state index contributed by atoms with van der Waals surface area (Å²) in [5.74, 6) is 0.410. The van der Waals surface area contributed by atoms with Crippen molar-refractivity contribution in [2.45, 2.75) is 26.5 Å². The highest BCUT2D eigenvalue weighted by atomic mass is 79.9. The van der Waals surface area contributed by atoms with E-state index in [1.807, 2.05) is 24.3 Å². The van der Waals surface area contributed by atoms with Crippen LogP contribution >= 0.6 is 43.2 Å². The minimum absolute atomic E-state index is 0.192. The lowest BCUT2D eigenvalue weighted by Crippen LogP contribution is -2.39. The quantitative estimate of drug-likeness (QED) is 0.208. The molecule has 0 saturated heterocycles. The van der Waals surface area contributed by atoms with Gasteiger partial charge in [-0.1, -0.05) is 35.6 Å². The molecule has 0 N–H and O–H groups in total. The van der Waals surface area contributed by atoms with Crippen molar-refractivity contribution < 1.29 is 23.4 Å². The normalized spacial score (nSPS) is 14.8. The van der Waals surface area contributed by atoms with Gasteiger partial charge in [0.05, 0.1) is 44.5 Å². The largest absolute Gasteiger partial charge is 0.496 e. The number of rotatable bonds is 8. The molecule has 11 heteroatoms. The molecule has 1 aliphatic rings. The summed E-state index contributed by atoms with van der Waals surface area (Å²) in [5, 5.41) is 0. The molecule has 216 valence electrons. The summed E-state index contributed by atoms with van der Waals surface area (Å²) in [5.41, 5.74) is 2.83. The van der Waals surface area contributed by atoms with Gasteiger partial charge in [0, 0.05) is 0 Å². The number of halogens is 3. The van der Waals surface area contributed by atoms with Crippen LogP contribution in [-0.4, -0.2) is 24.3 Å². The van der Waals surface area contributed by atoms with E-state index >= 15 is 0 Å². The lowest BCUT2D eigenvalue weighted by Gasteiger charge is -2.25. The molecule has 1 aliphatic heterocycles. The van der Waals surface area contributed by atoms with Crippen LogP contribution in [-0.2, 0) is 16.1 Å². The molecule has 5 rings (SSSR count). The lowest BCUT2D eigenvalue weighted by atomic mass is 9.96. The molecule has 0 spiro atoms. The van der Waals surface area contributed by atoms with Crippen molar-refractivity contribution >= 4 is 55.2 Å². The molecule has 0 unspecified atom stereocenters. The van der Waals surface area contributed by atoms with Crippen molar-refractivity contribution in [2.24, 2.45) is 4.99 Å². The summed E-state index contributed by atoms with van der Waals surface area (Å²) >= 11 is 8.32. The van der Waals surface area contributed by atoms with Crippen molar-refractivity contribution in [3.8, 4) is 11.5 Å². The zero-order chi connectivity index (χ0) is 30.0. The predicted molar refractivity (Wildman–Crippen MR) is 166 cm³/mol. The van der Waals surface area contributed by atoms with E-state index in [-0.39, 0.29) is 24.6 Å². The van der Waals surface area contributed by atoms with Crippen LogP contribution in [0.1, 0.15) is 36.6 Å². The van der Waals surface area contributed by atoms with Gasteiger partial charge in [0.2, 0.25) is 0 Å². The number of methoxy groups -OCH3 is 1. The van der Waals surface area contributed by atoms with Gasteiger partial charge in [-0.15, -0.1) is 0 Å². The van der Waals surface area contributed by atoms with E-state index in [4.69, 9.17) is 14.2 Å². The van der Waals surface area contributed by atoms with Crippen LogP contribution in [0.25, 0.3) is 6.08 Å². The summed E-state index contributed by atoms with van der Waals surface area (Å²) in [6, 6.07) is 16.3. The number of benzene rings is 3. The van der Waals surface area contributed by atoms with Gasteiger partial charge in [-0.25, -0.2) is 14.2 Å².